The lowest BCUT2D eigenvalue weighted by molar-refractivity contribution is -0.140. The second-order valence-electron chi connectivity index (χ2n) is 10.2. The number of rotatable bonds is 8. The Morgan fingerprint density at radius 1 is 1.16 bits per heavy atom. The third-order valence-corrected chi connectivity index (χ3v) is 7.53. The van der Waals surface area contributed by atoms with Crippen molar-refractivity contribution in [2.45, 2.75) is 32.4 Å². The second-order valence-corrected chi connectivity index (χ2v) is 10.2. The maximum Gasteiger partial charge on any atom is 0.229 e. The average Bonchev–Trinajstić information content (AvgIpc) is 3.22. The predicted octanol–water partition coefficient (Wildman–Crippen LogP) is 5.19. The van der Waals surface area contributed by atoms with Crippen molar-refractivity contribution in [3.05, 3.63) is 64.9 Å². The lowest BCUT2D eigenvalue weighted by atomic mass is 9.87. The minimum absolute atomic E-state index is 0.0389. The molecule has 0 unspecified atom stereocenters. The number of amides is 1. The summed E-state index contributed by atoms with van der Waals surface area (Å²) in [6, 6.07) is 8.34. The Bertz CT molecular complexity index is 1270. The number of alkyl halides is 2. The summed E-state index contributed by atoms with van der Waals surface area (Å²) in [5.41, 5.74) is 1.95. The molecule has 198 valence electrons. The van der Waals surface area contributed by atoms with Crippen LogP contribution in [-0.2, 0) is 11.2 Å². The van der Waals surface area contributed by atoms with Crippen molar-refractivity contribution >= 4 is 16.8 Å². The summed E-state index contributed by atoms with van der Waals surface area (Å²) in [5, 5.41) is 0.932. The summed E-state index contributed by atoms with van der Waals surface area (Å²) in [4.78, 5) is 20.0. The molecule has 3 atom stereocenters. The third-order valence-electron chi connectivity index (χ3n) is 7.53. The van der Waals surface area contributed by atoms with Gasteiger partial charge in [0.1, 0.15) is 36.7 Å². The highest BCUT2D eigenvalue weighted by Crippen LogP contribution is 2.43. The molecule has 2 aromatic carbocycles. The highest BCUT2D eigenvalue weighted by Gasteiger charge is 2.42. The first kappa shape index (κ1) is 25.6. The number of para-hydroxylation sites is 1. The van der Waals surface area contributed by atoms with Crippen LogP contribution < -0.4 is 4.74 Å². The van der Waals surface area contributed by atoms with E-state index in [9.17, 15) is 13.6 Å². The van der Waals surface area contributed by atoms with Gasteiger partial charge in [-0.05, 0) is 25.0 Å². The highest BCUT2D eigenvalue weighted by molar-refractivity contribution is 5.87. The highest BCUT2D eigenvalue weighted by atomic mass is 19.1. The van der Waals surface area contributed by atoms with Crippen LogP contribution in [0.2, 0.25) is 0 Å². The molecule has 1 N–H and O–H groups in total. The van der Waals surface area contributed by atoms with Crippen LogP contribution in [0.5, 0.6) is 5.75 Å². The number of aromatic nitrogens is 1. The van der Waals surface area contributed by atoms with Gasteiger partial charge < -0.3 is 14.6 Å². The zero-order valence-electron chi connectivity index (χ0n) is 20.9. The van der Waals surface area contributed by atoms with E-state index < -0.39 is 42.2 Å². The predicted molar refractivity (Wildman–Crippen MR) is 133 cm³/mol. The van der Waals surface area contributed by atoms with Gasteiger partial charge in [-0.25, -0.2) is 8.78 Å². The molecule has 0 aliphatic carbocycles. The largest absolute Gasteiger partial charge is 0.492 e. The Balaban J connectivity index is 1.49. The number of fused-ring (bicyclic) bond motifs is 3. The fraction of sp³-hybridized carbons (Fsp3) is 0.464. The summed E-state index contributed by atoms with van der Waals surface area (Å²) >= 11 is 0. The monoisotopic (exact) mass is 517 g/mol. The van der Waals surface area contributed by atoms with Gasteiger partial charge in [-0.15, -0.1) is 0 Å². The van der Waals surface area contributed by atoms with Gasteiger partial charge in [0.2, 0.25) is 5.91 Å². The van der Waals surface area contributed by atoms with E-state index in [1.54, 1.807) is 0 Å². The Labute approximate surface area is 213 Å². The molecular weight excluding hydrogens is 486 g/mol. The number of benzene rings is 2. The fourth-order valence-corrected chi connectivity index (χ4v) is 5.57. The zero-order valence-corrected chi connectivity index (χ0v) is 20.9. The first-order chi connectivity index (χ1) is 17.8. The number of nitrogens with one attached hydrogen (secondary N) is 1. The lowest BCUT2D eigenvalue weighted by Gasteiger charge is -2.42. The van der Waals surface area contributed by atoms with E-state index >= 15 is 8.78 Å². The molecular formula is C28H31F4N3O2. The van der Waals surface area contributed by atoms with Crippen molar-refractivity contribution in [3.8, 4) is 5.75 Å². The molecule has 1 saturated heterocycles. The van der Waals surface area contributed by atoms with E-state index in [1.165, 1.54) is 11.8 Å². The minimum atomic E-state index is -1.08. The van der Waals surface area contributed by atoms with Crippen LogP contribution in [0.1, 0.15) is 36.7 Å². The van der Waals surface area contributed by atoms with Gasteiger partial charge in [0.15, 0.2) is 0 Å². The standard InChI is InChI=1S/C28H31F4N3O2/c1-16(12-29)28(36)35-17(2)9-21-20-5-3-4-6-24(20)33-26(21)27(35)25-22(31)10-19(11-23(25)32)37-8-7-34-14-18(13-30)15-34/h3-6,10-11,16-18,27,33H,7-9,12-15H2,1-2H3/t16-,17-,27-/m1/s1. The van der Waals surface area contributed by atoms with Crippen LogP contribution in [0.4, 0.5) is 17.6 Å². The molecule has 5 nitrogen and oxygen atoms in total. The molecule has 5 rings (SSSR count). The van der Waals surface area contributed by atoms with E-state index in [2.05, 4.69) is 4.98 Å². The van der Waals surface area contributed by atoms with E-state index in [0.29, 0.717) is 31.7 Å². The summed E-state index contributed by atoms with van der Waals surface area (Å²) < 4.78 is 63.0. The van der Waals surface area contributed by atoms with Crippen LogP contribution in [-0.4, -0.2) is 66.3 Å². The molecule has 3 heterocycles. The average molecular weight is 518 g/mol. The molecule has 3 aromatic rings. The Kier molecular flexibility index (Phi) is 7.16. The van der Waals surface area contributed by atoms with E-state index in [4.69, 9.17) is 4.74 Å². The van der Waals surface area contributed by atoms with Crippen molar-refractivity contribution in [2.24, 2.45) is 11.8 Å². The van der Waals surface area contributed by atoms with Gasteiger partial charge in [0.05, 0.1) is 18.2 Å². The van der Waals surface area contributed by atoms with Crippen molar-refractivity contribution in [1.82, 2.24) is 14.8 Å². The number of likely N-dealkylation sites (tertiary alicyclic amines) is 1. The van der Waals surface area contributed by atoms with Crippen LogP contribution >= 0.6 is 0 Å². The molecule has 9 heteroatoms. The number of nitrogens with zero attached hydrogens (tertiary/aromatic N) is 2. The van der Waals surface area contributed by atoms with E-state index in [-0.39, 0.29) is 30.5 Å². The molecule has 1 fully saturated rings. The van der Waals surface area contributed by atoms with Gasteiger partial charge >= 0.3 is 0 Å². The molecule has 0 bridgehead atoms. The maximum absolute atomic E-state index is 15.7. The smallest absolute Gasteiger partial charge is 0.229 e. The number of aromatic amines is 1. The maximum atomic E-state index is 15.7. The topological polar surface area (TPSA) is 48.6 Å². The van der Waals surface area contributed by atoms with E-state index in [0.717, 1.165) is 28.6 Å². The summed E-state index contributed by atoms with van der Waals surface area (Å²) in [7, 11) is 0. The van der Waals surface area contributed by atoms with Crippen LogP contribution in [0.3, 0.4) is 0 Å². The van der Waals surface area contributed by atoms with Gasteiger partial charge in [-0.2, -0.15) is 0 Å². The SMILES string of the molecule is C[C@H](CF)C(=O)N1[C@H](c2c(F)cc(OCCN3CC(CF)C3)cc2F)c2[nH]c3ccccc3c2C[C@H]1C. The number of hydrogen-bond acceptors (Lipinski definition) is 3. The van der Waals surface area contributed by atoms with Gasteiger partial charge in [-0.3, -0.25) is 18.5 Å². The molecule has 2 aliphatic heterocycles. The number of ether oxygens (including phenoxy) is 1. The number of carbonyl (C=O) groups excluding carboxylic acids is 1. The van der Waals surface area contributed by atoms with Crippen molar-refractivity contribution in [2.75, 3.05) is 39.6 Å². The summed E-state index contributed by atoms with van der Waals surface area (Å²) in [6.07, 6.45) is 0.477. The van der Waals surface area contributed by atoms with E-state index in [1.807, 2.05) is 36.1 Å². The lowest BCUT2D eigenvalue weighted by Crippen LogP contribution is -2.49. The van der Waals surface area contributed by atoms with Crippen molar-refractivity contribution in [1.29, 1.82) is 0 Å². The van der Waals surface area contributed by atoms with Crippen LogP contribution in [0, 0.1) is 23.5 Å². The Hall–Kier alpha value is -3.07. The number of hydrogen-bond donors (Lipinski definition) is 1. The molecule has 2 aliphatic rings. The summed E-state index contributed by atoms with van der Waals surface area (Å²) in [5.74, 6) is -3.03. The van der Waals surface area contributed by atoms with Gasteiger partial charge in [-0.1, -0.05) is 25.1 Å². The van der Waals surface area contributed by atoms with Crippen molar-refractivity contribution in [3.63, 3.8) is 0 Å². The third kappa shape index (κ3) is 4.69. The molecule has 37 heavy (non-hydrogen) atoms. The van der Waals surface area contributed by atoms with Gasteiger partial charge in [0, 0.05) is 60.3 Å². The fourth-order valence-electron chi connectivity index (χ4n) is 5.57. The molecule has 0 radical (unpaired) electrons. The zero-order chi connectivity index (χ0) is 26.3. The first-order valence-corrected chi connectivity index (χ1v) is 12.7. The van der Waals surface area contributed by atoms with Crippen molar-refractivity contribution < 1.29 is 27.1 Å². The molecule has 0 saturated carbocycles. The second kappa shape index (κ2) is 10.4. The first-order valence-electron chi connectivity index (χ1n) is 12.7. The Morgan fingerprint density at radius 3 is 2.54 bits per heavy atom. The normalized spacial score (nSPS) is 21.1. The minimum Gasteiger partial charge on any atom is -0.492 e. The van der Waals surface area contributed by atoms with Crippen LogP contribution in [0.15, 0.2) is 36.4 Å². The summed E-state index contributed by atoms with van der Waals surface area (Å²) in [6.45, 7) is 4.12. The van der Waals surface area contributed by atoms with Gasteiger partial charge in [0.25, 0.3) is 0 Å². The molecule has 1 aromatic heterocycles. The molecule has 1 amide bonds. The molecule has 0 spiro atoms. The van der Waals surface area contributed by atoms with Crippen LogP contribution in [0.25, 0.3) is 10.9 Å². The quantitative estimate of drug-likeness (QED) is 0.418. The Morgan fingerprint density at radius 2 is 1.86 bits per heavy atom. The number of halogens is 4. The number of H-pyrrole nitrogens is 1. The number of carbonyl (C=O) groups is 1.